The van der Waals surface area contributed by atoms with Gasteiger partial charge < -0.3 is 19.0 Å². The van der Waals surface area contributed by atoms with Gasteiger partial charge in [0.2, 0.25) is 5.91 Å². The number of nitrogens with one attached hydrogen (secondary N) is 1. The molecule has 23 heavy (non-hydrogen) atoms. The summed E-state index contributed by atoms with van der Waals surface area (Å²) >= 11 is 6.63. The number of rotatable bonds is 5. The van der Waals surface area contributed by atoms with Gasteiger partial charge in [-0.25, -0.2) is 0 Å². The first-order valence-corrected chi connectivity index (χ1v) is 8.86. The molecule has 0 spiro atoms. The number of aromatic amines is 1. The van der Waals surface area contributed by atoms with Gasteiger partial charge in [0.25, 0.3) is 0 Å². The molecule has 0 aliphatic carbocycles. The molecule has 1 N–H and O–H groups in total. The van der Waals surface area contributed by atoms with Gasteiger partial charge in [0.1, 0.15) is 18.1 Å². The second kappa shape index (κ2) is 6.98. The van der Waals surface area contributed by atoms with Crippen LogP contribution in [0.3, 0.4) is 0 Å². The zero-order valence-corrected chi connectivity index (χ0v) is 14.9. The van der Waals surface area contributed by atoms with Crippen molar-refractivity contribution in [3.05, 3.63) is 38.2 Å². The average molecular weight is 352 g/mol. The van der Waals surface area contributed by atoms with Gasteiger partial charge >= 0.3 is 0 Å². The van der Waals surface area contributed by atoms with Crippen LogP contribution in [0.25, 0.3) is 0 Å². The molecule has 2 aromatic heterocycles. The third kappa shape index (κ3) is 3.57. The summed E-state index contributed by atoms with van der Waals surface area (Å²) in [5, 5.41) is 0. The summed E-state index contributed by atoms with van der Waals surface area (Å²) in [6.07, 6.45) is 2.33. The highest BCUT2D eigenvalue weighted by atomic mass is 32.1. The van der Waals surface area contributed by atoms with Crippen LogP contribution in [0.2, 0.25) is 0 Å². The molecule has 0 bridgehead atoms. The molecular weight excluding hydrogens is 332 g/mol. The smallest absolute Gasteiger partial charge is 0.228 e. The normalized spacial score (nSPS) is 17.8. The van der Waals surface area contributed by atoms with Gasteiger partial charge in [0, 0.05) is 24.2 Å². The van der Waals surface area contributed by atoms with Crippen LogP contribution < -0.4 is 0 Å². The van der Waals surface area contributed by atoms with E-state index in [0.29, 0.717) is 13.0 Å². The van der Waals surface area contributed by atoms with Gasteiger partial charge in [-0.1, -0.05) is 0 Å². The summed E-state index contributed by atoms with van der Waals surface area (Å²) in [6, 6.07) is 3.90. The van der Waals surface area contributed by atoms with Gasteiger partial charge in [-0.2, -0.15) is 0 Å². The van der Waals surface area contributed by atoms with Crippen LogP contribution in [0.1, 0.15) is 41.0 Å². The number of aromatic nitrogens is 1. The first kappa shape index (κ1) is 16.4. The topological polar surface area (TPSA) is 58.5 Å². The molecular formula is C16H20N2O3S2. The molecule has 0 saturated carbocycles. The molecule has 1 atom stereocenters. The number of H-pyrrole nitrogens is 1. The summed E-state index contributed by atoms with van der Waals surface area (Å²) in [5.74, 6) is 1.77. The Morgan fingerprint density at radius 1 is 1.57 bits per heavy atom. The second-order valence-corrected chi connectivity index (χ2v) is 7.49. The van der Waals surface area contributed by atoms with Gasteiger partial charge in [-0.05, 0) is 44.1 Å². The Hall–Kier alpha value is -1.44. The number of aryl methyl sites for hydroxylation is 1. The molecule has 1 amide bonds. The number of furan rings is 1. The van der Waals surface area contributed by atoms with E-state index in [1.54, 1.807) is 7.11 Å². The van der Waals surface area contributed by atoms with E-state index >= 15 is 0 Å². The maximum Gasteiger partial charge on any atom is 0.228 e. The quantitative estimate of drug-likeness (QED) is 0.833. The lowest BCUT2D eigenvalue weighted by Gasteiger charge is -2.23. The molecule has 1 fully saturated rings. The van der Waals surface area contributed by atoms with Crippen LogP contribution in [0.15, 0.2) is 16.5 Å². The van der Waals surface area contributed by atoms with Crippen LogP contribution in [0.5, 0.6) is 0 Å². The van der Waals surface area contributed by atoms with Crippen molar-refractivity contribution >= 4 is 29.5 Å². The van der Waals surface area contributed by atoms with E-state index in [9.17, 15) is 4.79 Å². The lowest BCUT2D eigenvalue weighted by Crippen LogP contribution is -2.31. The Kier molecular flexibility index (Phi) is 4.99. The monoisotopic (exact) mass is 352 g/mol. The summed E-state index contributed by atoms with van der Waals surface area (Å²) in [7, 11) is 1.64. The average Bonchev–Trinajstić information content (AvgIpc) is 3.19. The summed E-state index contributed by atoms with van der Waals surface area (Å²) < 4.78 is 11.6. The molecule has 3 rings (SSSR count). The van der Waals surface area contributed by atoms with Gasteiger partial charge in [0.05, 0.1) is 12.5 Å². The number of nitrogens with zero attached hydrogens (tertiary/aromatic N) is 1. The molecule has 0 radical (unpaired) electrons. The number of ether oxygens (including phenoxy) is 1. The maximum atomic E-state index is 12.7. The predicted octanol–water partition coefficient (Wildman–Crippen LogP) is 3.76. The Morgan fingerprint density at radius 2 is 2.39 bits per heavy atom. The van der Waals surface area contributed by atoms with Crippen LogP contribution in [-0.2, 0) is 22.6 Å². The highest BCUT2D eigenvalue weighted by molar-refractivity contribution is 7.73. The van der Waals surface area contributed by atoms with Crippen molar-refractivity contribution in [3.8, 4) is 0 Å². The highest BCUT2D eigenvalue weighted by Crippen LogP contribution is 2.34. The van der Waals surface area contributed by atoms with Crippen molar-refractivity contribution in [2.75, 3.05) is 13.7 Å². The van der Waals surface area contributed by atoms with Crippen LogP contribution in [0.4, 0.5) is 0 Å². The summed E-state index contributed by atoms with van der Waals surface area (Å²) in [4.78, 5) is 18.8. The molecule has 1 aliphatic rings. The van der Waals surface area contributed by atoms with E-state index < -0.39 is 0 Å². The first-order chi connectivity index (χ1) is 11.1. The maximum absolute atomic E-state index is 12.7. The number of thiazole rings is 1. The van der Waals surface area contributed by atoms with Crippen molar-refractivity contribution in [2.45, 2.75) is 38.8 Å². The molecule has 1 aliphatic heterocycles. The summed E-state index contributed by atoms with van der Waals surface area (Å²) in [5.41, 5.74) is 0.990. The minimum atomic E-state index is 0.0281. The number of methoxy groups -OCH3 is 1. The zero-order chi connectivity index (χ0) is 16.4. The fourth-order valence-electron chi connectivity index (χ4n) is 3.00. The van der Waals surface area contributed by atoms with Crippen molar-refractivity contribution < 1.29 is 13.9 Å². The minimum absolute atomic E-state index is 0.0281. The van der Waals surface area contributed by atoms with Crippen molar-refractivity contribution in [1.82, 2.24) is 9.88 Å². The van der Waals surface area contributed by atoms with Crippen LogP contribution in [0, 0.1) is 10.9 Å². The number of likely N-dealkylation sites (tertiary alicyclic amines) is 1. The fourth-order valence-corrected chi connectivity index (χ4v) is 4.28. The van der Waals surface area contributed by atoms with E-state index in [1.807, 2.05) is 24.0 Å². The molecule has 7 heteroatoms. The zero-order valence-electron chi connectivity index (χ0n) is 13.3. The third-order valence-electron chi connectivity index (χ3n) is 4.11. The summed E-state index contributed by atoms with van der Waals surface area (Å²) in [6.45, 7) is 3.19. The first-order valence-electron chi connectivity index (χ1n) is 7.64. The van der Waals surface area contributed by atoms with Crippen molar-refractivity contribution in [1.29, 1.82) is 0 Å². The van der Waals surface area contributed by atoms with E-state index in [0.717, 1.165) is 45.4 Å². The molecule has 1 saturated heterocycles. The van der Waals surface area contributed by atoms with Gasteiger partial charge in [-0.15, -0.1) is 11.3 Å². The molecule has 2 aromatic rings. The predicted molar refractivity (Wildman–Crippen MR) is 91.1 cm³/mol. The van der Waals surface area contributed by atoms with Crippen LogP contribution in [-0.4, -0.2) is 29.4 Å². The number of amides is 1. The van der Waals surface area contributed by atoms with Crippen molar-refractivity contribution in [3.63, 3.8) is 0 Å². The van der Waals surface area contributed by atoms with Crippen LogP contribution >= 0.6 is 23.6 Å². The molecule has 0 aromatic carbocycles. The highest BCUT2D eigenvalue weighted by Gasteiger charge is 2.32. The minimum Gasteiger partial charge on any atom is -0.461 e. The largest absolute Gasteiger partial charge is 0.461 e. The number of hydrogen-bond donors (Lipinski definition) is 1. The molecule has 5 nitrogen and oxygen atoms in total. The Bertz CT molecular complexity index is 747. The van der Waals surface area contributed by atoms with Gasteiger partial charge in [0.15, 0.2) is 3.95 Å². The van der Waals surface area contributed by atoms with E-state index in [4.69, 9.17) is 21.4 Å². The van der Waals surface area contributed by atoms with E-state index in [2.05, 4.69) is 4.98 Å². The number of hydrogen-bond acceptors (Lipinski definition) is 5. The lowest BCUT2D eigenvalue weighted by molar-refractivity contribution is -0.131. The molecule has 0 unspecified atom stereocenters. The third-order valence-corrected chi connectivity index (χ3v) is 5.44. The van der Waals surface area contributed by atoms with Crippen molar-refractivity contribution in [2.24, 2.45) is 0 Å². The lowest BCUT2D eigenvalue weighted by atomic mass is 10.1. The second-order valence-electron chi connectivity index (χ2n) is 5.72. The Morgan fingerprint density at radius 3 is 3.09 bits per heavy atom. The Labute approximate surface area is 144 Å². The molecule has 124 valence electrons. The van der Waals surface area contributed by atoms with E-state index in [1.165, 1.54) is 11.3 Å². The number of carbonyl (C=O) groups is 1. The Balaban J connectivity index is 1.73. The van der Waals surface area contributed by atoms with Gasteiger partial charge in [-0.3, -0.25) is 4.79 Å². The molecule has 3 heterocycles. The number of carbonyl (C=O) groups excluding carboxylic acids is 1. The SMILES string of the molecule is COCc1ccc([C@@H]2CCCN2C(=O)Cc2sc(=S)[nH]c2C)o1. The standard InChI is InChI=1S/C16H20N2O3S2/c1-10-14(23-16(22)17-10)8-15(19)18-7-3-4-12(18)13-6-5-11(21-13)9-20-2/h5-6,12H,3-4,7-9H2,1-2H3,(H,17,22)/t12-/m0/s1. The van der Waals surface area contributed by atoms with E-state index in [-0.39, 0.29) is 11.9 Å². The fraction of sp³-hybridized carbons (Fsp3) is 0.500.